The van der Waals surface area contributed by atoms with Crippen LogP contribution in [0.25, 0.3) is 22.0 Å². The molecule has 0 aliphatic rings. The van der Waals surface area contributed by atoms with Crippen LogP contribution in [0.5, 0.6) is 11.5 Å². The second kappa shape index (κ2) is 9.11. The first-order valence-corrected chi connectivity index (χ1v) is 10.0. The van der Waals surface area contributed by atoms with Crippen LogP contribution in [-0.4, -0.2) is 30.2 Å². The molecule has 0 fully saturated rings. The van der Waals surface area contributed by atoms with E-state index in [2.05, 4.69) is 10.3 Å². The van der Waals surface area contributed by atoms with Crippen LogP contribution in [0.15, 0.2) is 60.7 Å². The number of halogens is 1. The minimum Gasteiger partial charge on any atom is -0.493 e. The third kappa shape index (κ3) is 4.02. The number of H-pyrrole nitrogens is 1. The summed E-state index contributed by atoms with van der Waals surface area (Å²) in [4.78, 5) is 16.3. The van der Waals surface area contributed by atoms with Gasteiger partial charge in [0.05, 0.1) is 20.8 Å². The third-order valence-corrected chi connectivity index (χ3v) is 5.29. The normalized spacial score (nSPS) is 10.9. The molecule has 1 amide bonds. The Bertz CT molecular complexity index is 1240. The average molecular weight is 434 g/mol. The van der Waals surface area contributed by atoms with Crippen LogP contribution in [0.4, 0.5) is 4.39 Å². The summed E-state index contributed by atoms with van der Waals surface area (Å²) >= 11 is 0. The fourth-order valence-corrected chi connectivity index (χ4v) is 3.84. The van der Waals surface area contributed by atoms with Gasteiger partial charge in [-0.05, 0) is 41.5 Å². The number of carbonyl (C=O) groups is 1. The van der Waals surface area contributed by atoms with Gasteiger partial charge in [0.2, 0.25) is 0 Å². The molecule has 0 aliphatic heterocycles. The van der Waals surface area contributed by atoms with Gasteiger partial charge in [-0.2, -0.15) is 0 Å². The van der Waals surface area contributed by atoms with E-state index in [9.17, 15) is 14.3 Å². The molecule has 0 atom stereocenters. The number of nitrogens with one attached hydrogen (secondary N) is 2. The first kappa shape index (κ1) is 21.4. The quantitative estimate of drug-likeness (QED) is 0.402. The smallest absolute Gasteiger partial charge is 0.268 e. The Kier molecular flexibility index (Phi) is 6.09. The first-order chi connectivity index (χ1) is 15.5. The molecule has 7 heteroatoms. The van der Waals surface area contributed by atoms with Gasteiger partial charge in [0.1, 0.15) is 11.5 Å². The summed E-state index contributed by atoms with van der Waals surface area (Å²) in [7, 11) is 3.01. The highest BCUT2D eigenvalue weighted by Gasteiger charge is 2.20. The maximum atomic E-state index is 14.0. The van der Waals surface area contributed by atoms with Crippen LogP contribution in [0.2, 0.25) is 0 Å². The molecule has 0 saturated carbocycles. The molecule has 0 aliphatic carbocycles. The molecule has 164 valence electrons. The molecule has 1 aromatic heterocycles. The van der Waals surface area contributed by atoms with Gasteiger partial charge in [0.25, 0.3) is 5.91 Å². The molecular weight excluding hydrogens is 411 g/mol. The van der Waals surface area contributed by atoms with Crippen LogP contribution in [0, 0.1) is 5.82 Å². The average Bonchev–Trinajstić information content (AvgIpc) is 3.20. The lowest BCUT2D eigenvalue weighted by molar-refractivity contribution is 0.0947. The van der Waals surface area contributed by atoms with E-state index in [1.165, 1.54) is 26.4 Å². The van der Waals surface area contributed by atoms with E-state index < -0.39 is 0 Å². The summed E-state index contributed by atoms with van der Waals surface area (Å²) in [6.07, 6.45) is 0. The van der Waals surface area contributed by atoms with Crippen molar-refractivity contribution in [2.24, 2.45) is 0 Å². The standard InChI is InChI=1S/C25H23FN2O4/c1-31-21-11-15(10-17(14-29)24(21)32-2)13-27-25(30)23-22(16-6-4-3-5-7-16)19-12-18(26)8-9-20(19)28-23/h3-12,28-29H,13-14H2,1-2H3,(H,27,30). The molecule has 0 spiro atoms. The van der Waals surface area contributed by atoms with Crippen molar-refractivity contribution >= 4 is 16.8 Å². The number of rotatable bonds is 7. The number of aliphatic hydroxyl groups is 1. The highest BCUT2D eigenvalue weighted by atomic mass is 19.1. The number of benzene rings is 3. The number of amides is 1. The summed E-state index contributed by atoms with van der Waals surface area (Å²) in [6, 6.07) is 17.3. The zero-order valence-corrected chi connectivity index (χ0v) is 17.7. The number of hydrogen-bond acceptors (Lipinski definition) is 4. The number of fused-ring (bicyclic) bond motifs is 1. The van der Waals surface area contributed by atoms with E-state index in [4.69, 9.17) is 9.47 Å². The van der Waals surface area contributed by atoms with Crippen LogP contribution in [0.3, 0.4) is 0 Å². The molecule has 6 nitrogen and oxygen atoms in total. The van der Waals surface area contributed by atoms with Crippen molar-refractivity contribution in [1.82, 2.24) is 10.3 Å². The summed E-state index contributed by atoms with van der Waals surface area (Å²) in [5, 5.41) is 13.2. The third-order valence-electron chi connectivity index (χ3n) is 5.29. The molecule has 0 saturated heterocycles. The van der Waals surface area contributed by atoms with Gasteiger partial charge >= 0.3 is 0 Å². The zero-order chi connectivity index (χ0) is 22.7. The monoisotopic (exact) mass is 434 g/mol. The Morgan fingerprint density at radius 2 is 1.84 bits per heavy atom. The first-order valence-electron chi connectivity index (χ1n) is 10.0. The van der Waals surface area contributed by atoms with Gasteiger partial charge < -0.3 is 24.9 Å². The minimum absolute atomic E-state index is 0.199. The lowest BCUT2D eigenvalue weighted by Crippen LogP contribution is -2.24. The Balaban J connectivity index is 1.68. The largest absolute Gasteiger partial charge is 0.493 e. The van der Waals surface area contributed by atoms with Crippen LogP contribution >= 0.6 is 0 Å². The number of methoxy groups -OCH3 is 2. The zero-order valence-electron chi connectivity index (χ0n) is 17.7. The fraction of sp³-hybridized carbons (Fsp3) is 0.160. The number of aromatic amines is 1. The molecule has 0 bridgehead atoms. The lowest BCUT2D eigenvalue weighted by atomic mass is 10.0. The summed E-state index contributed by atoms with van der Waals surface area (Å²) in [6.45, 7) is -0.0306. The molecule has 1 heterocycles. The van der Waals surface area contributed by atoms with E-state index in [1.54, 1.807) is 18.2 Å². The minimum atomic E-state index is -0.373. The molecule has 0 radical (unpaired) electrons. The van der Waals surface area contributed by atoms with Crippen molar-refractivity contribution in [3.8, 4) is 22.6 Å². The number of carbonyl (C=O) groups excluding carboxylic acids is 1. The lowest BCUT2D eigenvalue weighted by Gasteiger charge is -2.14. The van der Waals surface area contributed by atoms with Crippen LogP contribution in [-0.2, 0) is 13.2 Å². The molecule has 4 rings (SSSR count). The predicted octanol–water partition coefficient (Wildman–Crippen LogP) is 4.41. The second-order valence-electron chi connectivity index (χ2n) is 7.26. The topological polar surface area (TPSA) is 83.6 Å². The van der Waals surface area contributed by atoms with Crippen molar-refractivity contribution in [1.29, 1.82) is 0 Å². The maximum absolute atomic E-state index is 14.0. The van der Waals surface area contributed by atoms with Crippen molar-refractivity contribution in [2.45, 2.75) is 13.2 Å². The van der Waals surface area contributed by atoms with Crippen LogP contribution in [0.1, 0.15) is 21.6 Å². The van der Waals surface area contributed by atoms with Crippen LogP contribution < -0.4 is 14.8 Å². The van der Waals surface area contributed by atoms with Gasteiger partial charge in [0.15, 0.2) is 11.5 Å². The van der Waals surface area contributed by atoms with Crippen molar-refractivity contribution in [2.75, 3.05) is 14.2 Å². The Morgan fingerprint density at radius 3 is 2.53 bits per heavy atom. The van der Waals surface area contributed by atoms with E-state index >= 15 is 0 Å². The molecule has 3 N–H and O–H groups in total. The molecule has 32 heavy (non-hydrogen) atoms. The molecule has 0 unspecified atom stereocenters. The number of aliphatic hydroxyl groups excluding tert-OH is 1. The van der Waals surface area contributed by atoms with Gasteiger partial charge in [-0.25, -0.2) is 4.39 Å². The van der Waals surface area contributed by atoms with Gasteiger partial charge in [-0.3, -0.25) is 4.79 Å². The highest BCUT2D eigenvalue weighted by Crippen LogP contribution is 2.34. The Morgan fingerprint density at radius 1 is 1.06 bits per heavy atom. The highest BCUT2D eigenvalue weighted by molar-refractivity contribution is 6.09. The predicted molar refractivity (Wildman–Crippen MR) is 120 cm³/mol. The van der Waals surface area contributed by atoms with Gasteiger partial charge in [-0.1, -0.05) is 30.3 Å². The maximum Gasteiger partial charge on any atom is 0.268 e. The summed E-state index contributed by atoms with van der Waals surface area (Å²) < 4.78 is 24.6. The van der Waals surface area contributed by atoms with Gasteiger partial charge in [0, 0.05) is 28.6 Å². The van der Waals surface area contributed by atoms with E-state index in [0.717, 1.165) is 11.1 Å². The number of ether oxygens (including phenoxy) is 2. The van der Waals surface area contributed by atoms with Crippen molar-refractivity contribution in [3.63, 3.8) is 0 Å². The van der Waals surface area contributed by atoms with Crippen molar-refractivity contribution < 1.29 is 23.8 Å². The Labute approximate surface area is 184 Å². The fourth-order valence-electron chi connectivity index (χ4n) is 3.84. The van der Waals surface area contributed by atoms with Gasteiger partial charge in [-0.15, -0.1) is 0 Å². The van der Waals surface area contributed by atoms with E-state index in [1.807, 2.05) is 30.3 Å². The second-order valence-corrected chi connectivity index (χ2v) is 7.26. The summed E-state index contributed by atoms with van der Waals surface area (Å²) in [5.74, 6) is 0.215. The van der Waals surface area contributed by atoms with E-state index in [0.29, 0.717) is 39.2 Å². The summed E-state index contributed by atoms with van der Waals surface area (Å²) in [5.41, 5.74) is 3.76. The molecule has 3 aromatic carbocycles. The van der Waals surface area contributed by atoms with Crippen molar-refractivity contribution in [3.05, 3.63) is 83.3 Å². The number of hydrogen-bond donors (Lipinski definition) is 3. The SMILES string of the molecule is COc1cc(CNC(=O)c2[nH]c3ccc(F)cc3c2-c2ccccc2)cc(CO)c1OC. The number of aromatic nitrogens is 1. The molecule has 4 aromatic rings. The molecular formula is C25H23FN2O4. The Hall–Kier alpha value is -3.84. The van der Waals surface area contributed by atoms with E-state index in [-0.39, 0.29) is 24.9 Å².